The molecule has 7 nitrogen and oxygen atoms in total. The Morgan fingerprint density at radius 1 is 1.34 bits per heavy atom. The number of hydrogen-bond donors (Lipinski definition) is 1. The molecule has 1 aliphatic carbocycles. The Hall–Kier alpha value is -2.51. The normalized spacial score (nSPS) is 21.0. The number of amides is 1. The van der Waals surface area contributed by atoms with E-state index in [1.54, 1.807) is 23.3 Å². The van der Waals surface area contributed by atoms with E-state index in [9.17, 15) is 13.6 Å². The molecule has 3 heterocycles. The van der Waals surface area contributed by atoms with E-state index in [1.807, 2.05) is 0 Å². The van der Waals surface area contributed by atoms with Gasteiger partial charge in [-0.3, -0.25) is 9.69 Å². The van der Waals surface area contributed by atoms with E-state index in [1.165, 1.54) is 11.3 Å². The zero-order chi connectivity index (χ0) is 22.3. The maximum absolute atomic E-state index is 12.3. The van der Waals surface area contributed by atoms with Gasteiger partial charge in [0.25, 0.3) is 11.6 Å². The van der Waals surface area contributed by atoms with E-state index in [0.717, 1.165) is 49.2 Å². The molecule has 0 spiro atoms. The Morgan fingerprint density at radius 2 is 2.19 bits per heavy atom. The van der Waals surface area contributed by atoms with Crippen molar-refractivity contribution in [3.63, 3.8) is 0 Å². The Morgan fingerprint density at radius 3 is 2.94 bits per heavy atom. The predicted molar refractivity (Wildman–Crippen MR) is 116 cm³/mol. The minimum atomic E-state index is -2.49. The summed E-state index contributed by atoms with van der Waals surface area (Å²) in [6, 6.07) is 0.218. The summed E-state index contributed by atoms with van der Waals surface area (Å²) < 4.78 is 31.4. The van der Waals surface area contributed by atoms with Crippen molar-refractivity contribution in [2.75, 3.05) is 19.7 Å². The lowest BCUT2D eigenvalue weighted by Crippen LogP contribution is -2.39. The van der Waals surface area contributed by atoms with Gasteiger partial charge < -0.3 is 14.6 Å². The van der Waals surface area contributed by atoms with Gasteiger partial charge in [0.05, 0.1) is 18.6 Å². The molecule has 0 unspecified atom stereocenters. The fourth-order valence-corrected chi connectivity index (χ4v) is 4.98. The van der Waals surface area contributed by atoms with Gasteiger partial charge in [0.1, 0.15) is 6.54 Å². The zero-order valence-corrected chi connectivity index (χ0v) is 18.6. The quantitative estimate of drug-likeness (QED) is 0.640. The van der Waals surface area contributed by atoms with Crippen molar-refractivity contribution in [1.29, 1.82) is 0 Å². The third-order valence-electron chi connectivity index (χ3n) is 5.71. The van der Waals surface area contributed by atoms with Crippen LogP contribution in [-0.2, 0) is 24.3 Å². The second-order valence-corrected chi connectivity index (χ2v) is 9.23. The van der Waals surface area contributed by atoms with Crippen molar-refractivity contribution < 1.29 is 18.3 Å². The molecule has 1 N–H and O–H groups in total. The van der Waals surface area contributed by atoms with Crippen molar-refractivity contribution in [2.24, 2.45) is 5.92 Å². The first-order valence-corrected chi connectivity index (χ1v) is 11.7. The minimum Gasteiger partial charge on any atom is -0.464 e. The smallest absolute Gasteiger partial charge is 0.273 e. The van der Waals surface area contributed by atoms with Gasteiger partial charge in [-0.05, 0) is 32.1 Å². The molecular weight excluding hydrogens is 436 g/mol. The summed E-state index contributed by atoms with van der Waals surface area (Å²) in [5.41, 5.74) is 0.916. The fourth-order valence-electron chi connectivity index (χ4n) is 4.06. The lowest BCUT2D eigenvalue weighted by atomic mass is 9.86. The summed E-state index contributed by atoms with van der Waals surface area (Å²) in [4.78, 5) is 23.8. The van der Waals surface area contributed by atoms with Crippen LogP contribution >= 0.6 is 11.3 Å². The van der Waals surface area contributed by atoms with Gasteiger partial charge in [0, 0.05) is 42.3 Å². The van der Waals surface area contributed by atoms with Crippen LogP contribution in [-0.4, -0.2) is 57.5 Å². The minimum absolute atomic E-state index is 0.0202. The largest absolute Gasteiger partial charge is 0.464 e. The van der Waals surface area contributed by atoms with Crippen LogP contribution in [0.4, 0.5) is 8.78 Å². The first kappa shape index (κ1) is 22.7. The van der Waals surface area contributed by atoms with Gasteiger partial charge in [0.2, 0.25) is 5.91 Å². The summed E-state index contributed by atoms with van der Waals surface area (Å²) in [5, 5.41) is 3.44. The molecule has 2 aliphatic rings. The average Bonchev–Trinajstić information content (AvgIpc) is 3.42. The molecule has 0 aromatic carbocycles. The molecule has 0 radical (unpaired) electrons. The summed E-state index contributed by atoms with van der Waals surface area (Å²) in [7, 11) is 0. The number of rotatable bonds is 7. The van der Waals surface area contributed by atoms with Crippen LogP contribution in [0.15, 0.2) is 18.7 Å². The number of carbonyl (C=O) groups is 1. The molecule has 1 amide bonds. The monoisotopic (exact) mass is 463 g/mol. The van der Waals surface area contributed by atoms with Gasteiger partial charge in [-0.25, -0.2) is 18.7 Å². The summed E-state index contributed by atoms with van der Waals surface area (Å²) >= 11 is 1.37. The number of ether oxygens (including phenoxy) is 1. The van der Waals surface area contributed by atoms with E-state index in [0.29, 0.717) is 30.7 Å². The molecule has 1 saturated carbocycles. The maximum Gasteiger partial charge on any atom is 0.273 e. The van der Waals surface area contributed by atoms with Gasteiger partial charge >= 0.3 is 0 Å². The molecule has 0 bridgehead atoms. The lowest BCUT2D eigenvalue weighted by molar-refractivity contribution is -0.122. The number of aromatic nitrogens is 3. The molecule has 4 rings (SSSR count). The second-order valence-electron chi connectivity index (χ2n) is 8.18. The van der Waals surface area contributed by atoms with E-state index in [2.05, 4.69) is 32.0 Å². The highest BCUT2D eigenvalue weighted by Crippen LogP contribution is 2.30. The molecule has 10 heteroatoms. The van der Waals surface area contributed by atoms with Crippen molar-refractivity contribution >= 4 is 17.2 Å². The lowest BCUT2D eigenvalue weighted by Gasteiger charge is -2.27. The predicted octanol–water partition coefficient (Wildman–Crippen LogP) is 2.72. The number of carbonyl (C=O) groups excluding carboxylic acids is 1. The SMILES string of the molecule is O=C(Cn1ccnc1)NC1CCC(C#CCN2CCc3sc(OCC(F)F)nc3C2)CC1. The van der Waals surface area contributed by atoms with Gasteiger partial charge in [-0.1, -0.05) is 23.2 Å². The number of alkyl halides is 2. The zero-order valence-electron chi connectivity index (χ0n) is 17.8. The Kier molecular flexibility index (Phi) is 7.71. The van der Waals surface area contributed by atoms with Crippen LogP contribution in [0.5, 0.6) is 5.19 Å². The van der Waals surface area contributed by atoms with Crippen LogP contribution < -0.4 is 10.1 Å². The number of imidazole rings is 1. The molecule has 1 aliphatic heterocycles. The van der Waals surface area contributed by atoms with Crippen molar-refractivity contribution in [3.8, 4) is 17.0 Å². The topological polar surface area (TPSA) is 72.3 Å². The highest BCUT2D eigenvalue weighted by atomic mass is 32.1. The van der Waals surface area contributed by atoms with Gasteiger partial charge in [0.15, 0.2) is 6.61 Å². The Labute approximate surface area is 190 Å². The first-order valence-electron chi connectivity index (χ1n) is 10.9. The fraction of sp³-hybridized carbons (Fsp3) is 0.591. The van der Waals surface area contributed by atoms with E-state index in [-0.39, 0.29) is 11.9 Å². The van der Waals surface area contributed by atoms with E-state index in [4.69, 9.17) is 4.74 Å². The molecule has 0 saturated heterocycles. The van der Waals surface area contributed by atoms with Crippen LogP contribution in [0.25, 0.3) is 0 Å². The Balaban J connectivity index is 1.17. The van der Waals surface area contributed by atoms with Crippen LogP contribution in [0, 0.1) is 17.8 Å². The number of thiazole rings is 1. The molecule has 0 atom stereocenters. The van der Waals surface area contributed by atoms with Crippen molar-refractivity contribution in [1.82, 2.24) is 24.8 Å². The number of nitrogens with one attached hydrogen (secondary N) is 1. The highest BCUT2D eigenvalue weighted by molar-refractivity contribution is 7.13. The number of halogens is 2. The van der Waals surface area contributed by atoms with Crippen LogP contribution in [0.1, 0.15) is 36.3 Å². The Bertz CT molecular complexity index is 945. The molecule has 2 aromatic heterocycles. The third-order valence-corrected chi connectivity index (χ3v) is 6.78. The van der Waals surface area contributed by atoms with Crippen molar-refractivity contribution in [2.45, 2.75) is 57.7 Å². The molecule has 172 valence electrons. The molecular formula is C22H27F2N5O2S. The van der Waals surface area contributed by atoms with Crippen LogP contribution in [0.3, 0.4) is 0 Å². The third kappa shape index (κ3) is 6.50. The second kappa shape index (κ2) is 10.9. The van der Waals surface area contributed by atoms with Gasteiger partial charge in [-0.2, -0.15) is 0 Å². The molecule has 1 fully saturated rings. The summed E-state index contributed by atoms with van der Waals surface area (Å²) in [5.74, 6) is 7.10. The standard InChI is InChI=1S/C22H27F2N5O2S/c23-20(24)14-31-22-27-18-12-28(10-7-19(18)32-22)9-1-2-16-3-5-17(6-4-16)26-21(30)13-29-11-8-25-15-29/h8,11,15-17,20H,3-7,9-10,12-14H2,(H,26,30). The van der Waals surface area contributed by atoms with Crippen molar-refractivity contribution in [3.05, 3.63) is 29.3 Å². The maximum atomic E-state index is 12.3. The highest BCUT2D eigenvalue weighted by Gasteiger charge is 2.23. The summed E-state index contributed by atoms with van der Waals surface area (Å²) in [6.45, 7) is 1.92. The number of hydrogen-bond acceptors (Lipinski definition) is 6. The first-order chi connectivity index (χ1) is 15.5. The number of fused-ring (bicyclic) bond motifs is 1. The average molecular weight is 464 g/mol. The molecule has 32 heavy (non-hydrogen) atoms. The number of nitrogens with zero attached hydrogens (tertiary/aromatic N) is 4. The van der Waals surface area contributed by atoms with Gasteiger partial charge in [-0.15, -0.1) is 0 Å². The van der Waals surface area contributed by atoms with E-state index < -0.39 is 13.0 Å². The van der Waals surface area contributed by atoms with Crippen LogP contribution in [0.2, 0.25) is 0 Å². The van der Waals surface area contributed by atoms with E-state index >= 15 is 0 Å². The molecule has 2 aromatic rings. The summed E-state index contributed by atoms with van der Waals surface area (Å²) in [6.07, 6.45) is 7.32.